The molecule has 0 aromatic heterocycles. The normalized spacial score (nSPS) is 21.9. The van der Waals surface area contributed by atoms with E-state index in [1.54, 1.807) is 34.6 Å². The monoisotopic (exact) mass is 356 g/mol. The van der Waals surface area contributed by atoms with Crippen molar-refractivity contribution in [3.05, 3.63) is 0 Å². The van der Waals surface area contributed by atoms with Crippen molar-refractivity contribution in [1.29, 1.82) is 0 Å². The fourth-order valence-electron chi connectivity index (χ4n) is 2.73. The molecule has 0 bridgehead atoms. The number of hydrogen-bond acceptors (Lipinski definition) is 6. The largest absolute Gasteiger partial charge is 0.467 e. The summed E-state index contributed by atoms with van der Waals surface area (Å²) in [5.74, 6) is -1.68. The van der Waals surface area contributed by atoms with Crippen LogP contribution in [0.25, 0.3) is 0 Å². The molecule has 1 heterocycles. The van der Waals surface area contributed by atoms with E-state index in [0.29, 0.717) is 0 Å². The number of nitrogens with one attached hydrogen (secondary N) is 1. The van der Waals surface area contributed by atoms with Crippen molar-refractivity contribution < 1.29 is 28.7 Å². The van der Waals surface area contributed by atoms with Gasteiger partial charge in [-0.25, -0.2) is 9.59 Å². The lowest BCUT2D eigenvalue weighted by Gasteiger charge is -2.35. The maximum Gasteiger partial charge on any atom is 0.408 e. The van der Waals surface area contributed by atoms with Crippen molar-refractivity contribution in [3.63, 3.8) is 0 Å². The zero-order valence-electron chi connectivity index (χ0n) is 16.0. The summed E-state index contributed by atoms with van der Waals surface area (Å²) in [6.07, 6.45) is -0.840. The lowest BCUT2D eigenvalue weighted by atomic mass is 9.96. The van der Waals surface area contributed by atoms with Gasteiger partial charge in [-0.1, -0.05) is 13.8 Å². The van der Waals surface area contributed by atoms with Crippen LogP contribution < -0.4 is 5.32 Å². The topological polar surface area (TPSA) is 102 Å². The second kappa shape index (κ2) is 7.41. The highest BCUT2D eigenvalue weighted by Gasteiger charge is 2.52. The summed E-state index contributed by atoms with van der Waals surface area (Å²) in [6, 6.07) is -0.926. The Bertz CT molecular complexity index is 566. The Morgan fingerprint density at radius 3 is 2.24 bits per heavy atom. The molecule has 1 N–H and O–H groups in total. The van der Waals surface area contributed by atoms with Crippen molar-refractivity contribution in [3.8, 4) is 0 Å². The van der Waals surface area contributed by atoms with Crippen LogP contribution in [0.1, 0.15) is 48.0 Å². The van der Waals surface area contributed by atoms with Crippen LogP contribution in [0.3, 0.4) is 0 Å². The first-order chi connectivity index (χ1) is 11.3. The van der Waals surface area contributed by atoms with Crippen LogP contribution in [0.5, 0.6) is 0 Å². The minimum Gasteiger partial charge on any atom is -0.467 e. The van der Waals surface area contributed by atoms with Gasteiger partial charge in [0, 0.05) is 6.42 Å². The van der Waals surface area contributed by atoms with E-state index in [1.807, 2.05) is 0 Å². The minimum absolute atomic E-state index is 0.108. The van der Waals surface area contributed by atoms with Crippen LogP contribution in [0.4, 0.5) is 4.79 Å². The second-order valence-electron chi connectivity index (χ2n) is 7.77. The summed E-state index contributed by atoms with van der Waals surface area (Å²) in [5, 5.41) is 2.54. The summed E-state index contributed by atoms with van der Waals surface area (Å²) in [7, 11) is 1.21. The van der Waals surface area contributed by atoms with E-state index in [0.717, 1.165) is 0 Å². The zero-order valence-corrected chi connectivity index (χ0v) is 16.0. The van der Waals surface area contributed by atoms with Crippen molar-refractivity contribution in [2.75, 3.05) is 13.7 Å². The number of nitrogens with zero attached hydrogens (tertiary/aromatic N) is 1. The Hall–Kier alpha value is -2.12. The molecule has 0 unspecified atom stereocenters. The number of ether oxygens (including phenoxy) is 2. The number of ketones is 1. The number of hydrogen-bond donors (Lipinski definition) is 1. The molecule has 1 fully saturated rings. The predicted octanol–water partition coefficient (Wildman–Crippen LogP) is 1.27. The van der Waals surface area contributed by atoms with Gasteiger partial charge in [-0.05, 0) is 33.6 Å². The van der Waals surface area contributed by atoms with Gasteiger partial charge < -0.3 is 19.7 Å². The Kier molecular flexibility index (Phi) is 6.20. The summed E-state index contributed by atoms with van der Waals surface area (Å²) >= 11 is 0. The maximum absolute atomic E-state index is 13.0. The van der Waals surface area contributed by atoms with E-state index in [4.69, 9.17) is 9.47 Å². The highest BCUT2D eigenvalue weighted by Crippen LogP contribution is 2.29. The first-order valence-corrected chi connectivity index (χ1v) is 8.23. The Labute approximate surface area is 148 Å². The lowest BCUT2D eigenvalue weighted by molar-refractivity contribution is -0.159. The molecule has 1 aliphatic rings. The number of carbonyl (C=O) groups excluding carboxylic acids is 4. The third kappa shape index (κ3) is 4.93. The predicted molar refractivity (Wildman–Crippen MR) is 89.8 cm³/mol. The SMILES string of the molecule is COC(=O)[C@]1(C)CC(=O)CN1C(=O)[C@H](NC(=O)OC(C)(C)C)C(C)C. The molecule has 2 atom stereocenters. The van der Waals surface area contributed by atoms with Gasteiger partial charge in [-0.15, -0.1) is 0 Å². The van der Waals surface area contributed by atoms with Crippen molar-refractivity contribution >= 4 is 23.8 Å². The molecule has 0 aromatic rings. The molecule has 0 aliphatic carbocycles. The number of esters is 1. The molecular formula is C17H28N2O6. The van der Waals surface area contributed by atoms with Gasteiger partial charge in [-0.3, -0.25) is 9.59 Å². The summed E-state index contributed by atoms with van der Waals surface area (Å²) in [5.41, 5.74) is -2.08. The van der Waals surface area contributed by atoms with Crippen LogP contribution >= 0.6 is 0 Å². The van der Waals surface area contributed by atoms with E-state index in [2.05, 4.69) is 5.32 Å². The van der Waals surface area contributed by atoms with Crippen molar-refractivity contribution in [1.82, 2.24) is 10.2 Å². The number of amides is 2. The fourth-order valence-corrected chi connectivity index (χ4v) is 2.73. The summed E-state index contributed by atoms with van der Waals surface area (Å²) < 4.78 is 9.95. The number of carbonyl (C=O) groups is 4. The van der Waals surface area contributed by atoms with E-state index in [9.17, 15) is 19.2 Å². The standard InChI is InChI=1S/C17H28N2O6/c1-10(2)12(18-15(23)25-16(3,4)5)13(21)19-9-11(20)8-17(19,6)14(22)24-7/h10,12H,8-9H2,1-7H3,(H,18,23)/t12-,17+/m1/s1. The number of rotatable bonds is 4. The molecule has 25 heavy (non-hydrogen) atoms. The first kappa shape index (κ1) is 20.9. The Balaban J connectivity index is 3.04. The van der Waals surface area contributed by atoms with Gasteiger partial charge in [0.05, 0.1) is 13.7 Å². The average Bonchev–Trinajstić information content (AvgIpc) is 2.77. The molecule has 0 radical (unpaired) electrons. The molecule has 8 heteroatoms. The Morgan fingerprint density at radius 2 is 1.80 bits per heavy atom. The molecule has 0 aromatic carbocycles. The van der Waals surface area contributed by atoms with Gasteiger partial charge in [0.15, 0.2) is 5.78 Å². The van der Waals surface area contributed by atoms with Crippen molar-refractivity contribution in [2.45, 2.75) is 65.1 Å². The number of methoxy groups -OCH3 is 1. The molecule has 0 spiro atoms. The summed E-state index contributed by atoms with van der Waals surface area (Å²) in [6.45, 7) is 9.96. The van der Waals surface area contributed by atoms with Gasteiger partial charge in [-0.2, -0.15) is 0 Å². The quantitative estimate of drug-likeness (QED) is 0.761. The van der Waals surface area contributed by atoms with Crippen LogP contribution in [0.15, 0.2) is 0 Å². The van der Waals surface area contributed by atoms with Gasteiger partial charge >= 0.3 is 12.1 Å². The molecule has 142 valence electrons. The van der Waals surface area contributed by atoms with E-state index in [1.165, 1.54) is 18.9 Å². The average molecular weight is 356 g/mol. The van der Waals surface area contributed by atoms with E-state index >= 15 is 0 Å². The number of likely N-dealkylation sites (tertiary alicyclic amines) is 1. The smallest absolute Gasteiger partial charge is 0.408 e. The van der Waals surface area contributed by atoms with Crippen LogP contribution in [0.2, 0.25) is 0 Å². The van der Waals surface area contributed by atoms with Crippen LogP contribution in [-0.2, 0) is 23.9 Å². The molecule has 1 rings (SSSR count). The number of Topliss-reactive ketones (excluding diaryl/α,β-unsaturated/α-hetero) is 1. The molecule has 8 nitrogen and oxygen atoms in total. The molecule has 0 saturated carbocycles. The number of alkyl carbamates (subject to hydrolysis) is 1. The minimum atomic E-state index is -1.37. The third-order valence-corrected chi connectivity index (χ3v) is 3.97. The van der Waals surface area contributed by atoms with Gasteiger partial charge in [0.2, 0.25) is 5.91 Å². The van der Waals surface area contributed by atoms with Crippen LogP contribution in [-0.4, -0.2) is 59.5 Å². The Morgan fingerprint density at radius 1 is 1.24 bits per heavy atom. The summed E-state index contributed by atoms with van der Waals surface area (Å²) in [4.78, 5) is 50.2. The van der Waals surface area contributed by atoms with Gasteiger partial charge in [0.25, 0.3) is 0 Å². The lowest BCUT2D eigenvalue weighted by Crippen LogP contribution is -2.59. The molecule has 2 amide bonds. The van der Waals surface area contributed by atoms with E-state index in [-0.39, 0.29) is 24.7 Å². The molecule has 1 saturated heterocycles. The van der Waals surface area contributed by atoms with E-state index < -0.39 is 35.2 Å². The van der Waals surface area contributed by atoms with Gasteiger partial charge in [0.1, 0.15) is 17.2 Å². The third-order valence-electron chi connectivity index (χ3n) is 3.97. The highest BCUT2D eigenvalue weighted by molar-refractivity contribution is 6.01. The second-order valence-corrected chi connectivity index (χ2v) is 7.77. The first-order valence-electron chi connectivity index (χ1n) is 8.23. The molecule has 1 aliphatic heterocycles. The molecular weight excluding hydrogens is 328 g/mol. The maximum atomic E-state index is 13.0. The highest BCUT2D eigenvalue weighted by atomic mass is 16.6. The van der Waals surface area contributed by atoms with Crippen molar-refractivity contribution in [2.24, 2.45) is 5.92 Å². The zero-order chi connectivity index (χ0) is 19.6. The van der Waals surface area contributed by atoms with Crippen LogP contribution in [0, 0.1) is 5.92 Å². The fraction of sp³-hybridized carbons (Fsp3) is 0.765.